The summed E-state index contributed by atoms with van der Waals surface area (Å²) in [5.74, 6) is -2.53. The third kappa shape index (κ3) is 3.26. The molecule has 1 heterocycles. The van der Waals surface area contributed by atoms with Gasteiger partial charge in [-0.05, 0) is 26.3 Å². The van der Waals surface area contributed by atoms with Gasteiger partial charge in [0, 0.05) is 30.2 Å². The molecule has 1 aliphatic carbocycles. The van der Waals surface area contributed by atoms with Crippen LogP contribution in [0.4, 0.5) is 8.78 Å². The fourth-order valence-electron chi connectivity index (χ4n) is 2.31. The van der Waals surface area contributed by atoms with Gasteiger partial charge in [-0.15, -0.1) is 11.3 Å². The molecule has 102 valence electrons. The standard InChI is InChI=1S/C13H20F2N2S/c1-3-6-16-9(2)11-8-18-12(17-11)10-4-5-13(14,15)7-10/h8-10,16H,3-7H2,1-2H3. The highest BCUT2D eigenvalue weighted by Gasteiger charge is 2.41. The van der Waals surface area contributed by atoms with E-state index in [2.05, 4.69) is 24.1 Å². The minimum atomic E-state index is -2.48. The number of nitrogens with one attached hydrogen (secondary N) is 1. The molecule has 1 aliphatic rings. The van der Waals surface area contributed by atoms with Gasteiger partial charge in [0.2, 0.25) is 5.92 Å². The van der Waals surface area contributed by atoms with E-state index in [-0.39, 0.29) is 24.8 Å². The SMILES string of the molecule is CCCNC(C)c1csc(C2CCC(F)(F)C2)n1. The first-order chi connectivity index (χ1) is 8.52. The van der Waals surface area contributed by atoms with Gasteiger partial charge in [0.05, 0.1) is 10.7 Å². The van der Waals surface area contributed by atoms with Crippen LogP contribution in [0, 0.1) is 0 Å². The Morgan fingerprint density at radius 2 is 2.39 bits per heavy atom. The maximum atomic E-state index is 13.2. The lowest BCUT2D eigenvalue weighted by molar-refractivity contribution is 0.00776. The summed E-state index contributed by atoms with van der Waals surface area (Å²) in [7, 11) is 0. The summed E-state index contributed by atoms with van der Waals surface area (Å²) in [6, 6.07) is 0.205. The molecule has 1 aromatic heterocycles. The summed E-state index contributed by atoms with van der Waals surface area (Å²) in [4.78, 5) is 4.53. The van der Waals surface area contributed by atoms with Crippen molar-refractivity contribution in [2.45, 2.75) is 57.4 Å². The van der Waals surface area contributed by atoms with Crippen molar-refractivity contribution in [1.82, 2.24) is 10.3 Å². The summed E-state index contributed by atoms with van der Waals surface area (Å²) < 4.78 is 26.4. The highest BCUT2D eigenvalue weighted by molar-refractivity contribution is 7.09. The summed E-state index contributed by atoms with van der Waals surface area (Å²) in [5.41, 5.74) is 0.985. The second-order valence-corrected chi connectivity index (χ2v) is 5.97. The minimum absolute atomic E-state index is 0.0101. The van der Waals surface area contributed by atoms with E-state index in [1.807, 2.05) is 5.38 Å². The van der Waals surface area contributed by atoms with E-state index in [1.165, 1.54) is 11.3 Å². The quantitative estimate of drug-likeness (QED) is 0.874. The summed E-state index contributed by atoms with van der Waals surface area (Å²) in [6.07, 6.45) is 1.62. The van der Waals surface area contributed by atoms with Crippen molar-refractivity contribution < 1.29 is 8.78 Å². The van der Waals surface area contributed by atoms with Crippen molar-refractivity contribution in [1.29, 1.82) is 0 Å². The number of thiazole rings is 1. The van der Waals surface area contributed by atoms with Crippen molar-refractivity contribution in [3.63, 3.8) is 0 Å². The van der Waals surface area contributed by atoms with Crippen LogP contribution in [0.5, 0.6) is 0 Å². The number of hydrogen-bond acceptors (Lipinski definition) is 3. The van der Waals surface area contributed by atoms with E-state index < -0.39 is 5.92 Å². The largest absolute Gasteiger partial charge is 0.309 e. The molecular weight excluding hydrogens is 254 g/mol. The van der Waals surface area contributed by atoms with Gasteiger partial charge >= 0.3 is 0 Å². The van der Waals surface area contributed by atoms with Crippen LogP contribution in [-0.4, -0.2) is 17.5 Å². The first-order valence-electron chi connectivity index (χ1n) is 6.58. The number of rotatable bonds is 5. The number of alkyl halides is 2. The van der Waals surface area contributed by atoms with Crippen LogP contribution in [-0.2, 0) is 0 Å². The van der Waals surface area contributed by atoms with Crippen LogP contribution >= 0.6 is 11.3 Å². The van der Waals surface area contributed by atoms with Gasteiger partial charge in [0.25, 0.3) is 0 Å². The number of hydrogen-bond donors (Lipinski definition) is 1. The average molecular weight is 274 g/mol. The van der Waals surface area contributed by atoms with Crippen LogP contribution in [0.15, 0.2) is 5.38 Å². The fourth-order valence-corrected chi connectivity index (χ4v) is 3.36. The monoisotopic (exact) mass is 274 g/mol. The van der Waals surface area contributed by atoms with Crippen molar-refractivity contribution in [3.05, 3.63) is 16.1 Å². The molecule has 0 radical (unpaired) electrons. The van der Waals surface area contributed by atoms with Crippen molar-refractivity contribution >= 4 is 11.3 Å². The number of aromatic nitrogens is 1. The molecule has 1 aromatic rings. The van der Waals surface area contributed by atoms with Crippen LogP contribution in [0.3, 0.4) is 0 Å². The van der Waals surface area contributed by atoms with Gasteiger partial charge in [0.1, 0.15) is 0 Å². The lowest BCUT2D eigenvalue weighted by Crippen LogP contribution is -2.19. The second kappa shape index (κ2) is 5.61. The molecule has 0 aromatic carbocycles. The highest BCUT2D eigenvalue weighted by atomic mass is 32.1. The molecule has 1 N–H and O–H groups in total. The molecule has 5 heteroatoms. The molecule has 0 bridgehead atoms. The van der Waals surface area contributed by atoms with Gasteiger partial charge in [-0.1, -0.05) is 6.92 Å². The fraction of sp³-hybridized carbons (Fsp3) is 0.769. The zero-order valence-electron chi connectivity index (χ0n) is 10.9. The van der Waals surface area contributed by atoms with Gasteiger partial charge in [-0.2, -0.15) is 0 Å². The maximum absolute atomic E-state index is 13.2. The lowest BCUT2D eigenvalue weighted by Gasteiger charge is -2.10. The van der Waals surface area contributed by atoms with Crippen molar-refractivity contribution in [3.8, 4) is 0 Å². The molecule has 2 atom stereocenters. The third-order valence-electron chi connectivity index (χ3n) is 3.44. The molecule has 2 unspecified atom stereocenters. The molecule has 18 heavy (non-hydrogen) atoms. The summed E-state index contributed by atoms with van der Waals surface area (Å²) in [6.45, 7) is 5.14. The number of nitrogens with zero attached hydrogens (tertiary/aromatic N) is 1. The molecular formula is C13H20F2N2S. The predicted molar refractivity (Wildman–Crippen MR) is 70.4 cm³/mol. The molecule has 0 spiro atoms. The van der Waals surface area contributed by atoms with Crippen LogP contribution in [0.2, 0.25) is 0 Å². The number of halogens is 2. The average Bonchev–Trinajstić information content (AvgIpc) is 2.92. The Hall–Kier alpha value is -0.550. The van der Waals surface area contributed by atoms with Gasteiger partial charge in [-0.3, -0.25) is 0 Å². The molecule has 0 aliphatic heterocycles. The molecule has 2 rings (SSSR count). The Balaban J connectivity index is 1.98. The van der Waals surface area contributed by atoms with E-state index in [4.69, 9.17) is 0 Å². The molecule has 2 nitrogen and oxygen atoms in total. The van der Waals surface area contributed by atoms with Gasteiger partial charge in [0.15, 0.2) is 0 Å². The van der Waals surface area contributed by atoms with Crippen molar-refractivity contribution in [2.75, 3.05) is 6.54 Å². The minimum Gasteiger partial charge on any atom is -0.309 e. The van der Waals surface area contributed by atoms with Crippen LogP contribution < -0.4 is 5.32 Å². The first-order valence-corrected chi connectivity index (χ1v) is 7.46. The van der Waals surface area contributed by atoms with Crippen molar-refractivity contribution in [2.24, 2.45) is 0 Å². The van der Waals surface area contributed by atoms with E-state index in [0.717, 1.165) is 23.7 Å². The first kappa shape index (κ1) is 13.9. The summed E-state index contributed by atoms with van der Waals surface area (Å²) >= 11 is 1.52. The molecule has 1 fully saturated rings. The Morgan fingerprint density at radius 1 is 1.61 bits per heavy atom. The topological polar surface area (TPSA) is 24.9 Å². The Morgan fingerprint density at radius 3 is 3.00 bits per heavy atom. The smallest absolute Gasteiger partial charge is 0.248 e. The van der Waals surface area contributed by atoms with E-state index >= 15 is 0 Å². The van der Waals surface area contributed by atoms with E-state index in [9.17, 15) is 8.78 Å². The summed E-state index contributed by atoms with van der Waals surface area (Å²) in [5, 5.41) is 6.25. The maximum Gasteiger partial charge on any atom is 0.248 e. The normalized spacial score (nSPS) is 24.3. The van der Waals surface area contributed by atoms with E-state index in [1.54, 1.807) is 0 Å². The highest BCUT2D eigenvalue weighted by Crippen LogP contribution is 2.45. The van der Waals surface area contributed by atoms with Gasteiger partial charge in [-0.25, -0.2) is 13.8 Å². The molecule has 1 saturated carbocycles. The van der Waals surface area contributed by atoms with Gasteiger partial charge < -0.3 is 5.32 Å². The van der Waals surface area contributed by atoms with Crippen LogP contribution in [0.25, 0.3) is 0 Å². The predicted octanol–water partition coefficient (Wildman–Crippen LogP) is 4.11. The lowest BCUT2D eigenvalue weighted by atomic mass is 10.1. The Kier molecular flexibility index (Phi) is 4.33. The van der Waals surface area contributed by atoms with Crippen LogP contribution in [0.1, 0.15) is 62.2 Å². The van der Waals surface area contributed by atoms with E-state index in [0.29, 0.717) is 6.42 Å². The second-order valence-electron chi connectivity index (χ2n) is 5.08. The Labute approximate surface area is 111 Å². The molecule has 0 amide bonds. The Bertz CT molecular complexity index is 392. The third-order valence-corrected chi connectivity index (χ3v) is 4.46. The molecule has 0 saturated heterocycles. The zero-order valence-corrected chi connectivity index (χ0v) is 11.7. The zero-order chi connectivity index (χ0) is 13.2.